The number of rotatable bonds is 2. The molecular weight excluding hydrogens is 314 g/mol. The number of benzene rings is 2. The van der Waals surface area contributed by atoms with Gasteiger partial charge in [-0.25, -0.2) is 4.39 Å². The van der Waals surface area contributed by atoms with Gasteiger partial charge >= 0.3 is 0 Å². The number of halogens is 3. The van der Waals surface area contributed by atoms with Crippen LogP contribution in [0.3, 0.4) is 0 Å². The molecule has 1 atom stereocenters. The molecule has 3 rings (SSSR count). The van der Waals surface area contributed by atoms with Crippen molar-refractivity contribution < 1.29 is 4.39 Å². The van der Waals surface area contributed by atoms with Gasteiger partial charge in [0.2, 0.25) is 0 Å². The molecule has 20 heavy (non-hydrogen) atoms. The highest BCUT2D eigenvalue weighted by atomic mass is 35.5. The van der Waals surface area contributed by atoms with Crippen molar-refractivity contribution in [3.8, 4) is 0 Å². The van der Waals surface area contributed by atoms with Gasteiger partial charge in [0.05, 0.1) is 5.38 Å². The lowest BCUT2D eigenvalue weighted by Gasteiger charge is -2.11. The number of alkyl halides is 1. The van der Waals surface area contributed by atoms with E-state index >= 15 is 0 Å². The first-order valence-electron chi connectivity index (χ1n) is 6.14. The smallest absolute Gasteiger partial charge is 0.127 e. The van der Waals surface area contributed by atoms with Gasteiger partial charge in [-0.2, -0.15) is 0 Å². The molecule has 0 saturated heterocycles. The van der Waals surface area contributed by atoms with E-state index < -0.39 is 0 Å². The van der Waals surface area contributed by atoms with Crippen molar-refractivity contribution in [2.45, 2.75) is 12.3 Å². The molecule has 102 valence electrons. The van der Waals surface area contributed by atoms with Crippen LogP contribution in [0.5, 0.6) is 0 Å². The Bertz CT molecular complexity index is 746. The van der Waals surface area contributed by atoms with Crippen LogP contribution in [-0.4, -0.2) is 0 Å². The van der Waals surface area contributed by atoms with E-state index in [0.717, 1.165) is 15.8 Å². The van der Waals surface area contributed by atoms with Gasteiger partial charge in [-0.05, 0) is 47.7 Å². The van der Waals surface area contributed by atoms with Crippen molar-refractivity contribution in [2.24, 2.45) is 0 Å². The van der Waals surface area contributed by atoms with Crippen molar-refractivity contribution in [1.82, 2.24) is 0 Å². The van der Waals surface area contributed by atoms with E-state index in [2.05, 4.69) is 18.2 Å². The first-order valence-corrected chi connectivity index (χ1v) is 7.77. The Kier molecular flexibility index (Phi) is 3.72. The van der Waals surface area contributed by atoms with Gasteiger partial charge in [-0.1, -0.05) is 29.8 Å². The lowest BCUT2D eigenvalue weighted by Crippen LogP contribution is -1.94. The normalized spacial score (nSPS) is 12.8. The fraction of sp³-hybridized carbons (Fsp3) is 0.125. The van der Waals surface area contributed by atoms with E-state index in [1.807, 2.05) is 12.1 Å². The second-order valence-electron chi connectivity index (χ2n) is 4.67. The first-order chi connectivity index (χ1) is 9.56. The Balaban J connectivity index is 2.07. The van der Waals surface area contributed by atoms with E-state index in [0.29, 0.717) is 10.6 Å². The molecular formula is C16H11Cl2FS. The van der Waals surface area contributed by atoms with Crippen molar-refractivity contribution in [2.75, 3.05) is 0 Å². The van der Waals surface area contributed by atoms with Crippen LogP contribution in [-0.2, 0) is 0 Å². The molecule has 0 N–H and O–H groups in total. The quantitative estimate of drug-likeness (QED) is 0.483. The van der Waals surface area contributed by atoms with Crippen molar-refractivity contribution in [3.63, 3.8) is 0 Å². The molecule has 0 spiro atoms. The van der Waals surface area contributed by atoms with E-state index in [4.69, 9.17) is 23.2 Å². The number of fused-ring (bicyclic) bond motifs is 1. The highest BCUT2D eigenvalue weighted by molar-refractivity contribution is 7.19. The number of hydrogen-bond donors (Lipinski definition) is 0. The van der Waals surface area contributed by atoms with Gasteiger partial charge in [-0.3, -0.25) is 0 Å². The van der Waals surface area contributed by atoms with E-state index in [1.165, 1.54) is 10.8 Å². The minimum absolute atomic E-state index is 0.307. The van der Waals surface area contributed by atoms with Crippen LogP contribution in [0.4, 0.5) is 4.39 Å². The molecule has 4 heteroatoms. The third kappa shape index (κ3) is 2.44. The largest absolute Gasteiger partial charge is 0.207 e. The maximum absolute atomic E-state index is 13.5. The summed E-state index contributed by atoms with van der Waals surface area (Å²) in [6.45, 7) is 1.71. The molecule has 0 aliphatic heterocycles. The molecule has 0 saturated carbocycles. The monoisotopic (exact) mass is 324 g/mol. The Morgan fingerprint density at radius 1 is 1.15 bits per heavy atom. The molecule has 0 nitrogen and oxygen atoms in total. The predicted octanol–water partition coefficient (Wildman–Crippen LogP) is 6.33. The minimum atomic E-state index is -0.362. The number of aryl methyl sites for hydroxylation is 1. The second-order valence-corrected chi connectivity index (χ2v) is 6.63. The molecule has 1 heterocycles. The van der Waals surface area contributed by atoms with Gasteiger partial charge in [-0.15, -0.1) is 22.9 Å². The summed E-state index contributed by atoms with van der Waals surface area (Å²) in [4.78, 5) is 1.01. The summed E-state index contributed by atoms with van der Waals surface area (Å²) in [5.41, 5.74) is 1.30. The third-order valence-corrected chi connectivity index (χ3v) is 5.35. The average Bonchev–Trinajstić information content (AvgIpc) is 2.86. The highest BCUT2D eigenvalue weighted by Gasteiger charge is 2.18. The molecule has 3 aromatic rings. The summed E-state index contributed by atoms with van der Waals surface area (Å²) in [7, 11) is 0. The molecule has 1 unspecified atom stereocenters. The van der Waals surface area contributed by atoms with Crippen molar-refractivity contribution in [3.05, 3.63) is 69.3 Å². The molecule has 0 aliphatic rings. The third-order valence-electron chi connectivity index (χ3n) is 3.25. The summed E-state index contributed by atoms with van der Waals surface area (Å²) in [5, 5.41) is 1.16. The zero-order valence-corrected chi connectivity index (χ0v) is 13.0. The molecule has 1 aromatic heterocycles. The fourth-order valence-corrected chi connectivity index (χ4v) is 3.91. The standard InChI is InChI=1S/C16H11Cl2FS/c1-9-6-11(12(17)8-13(9)19)16(18)15-7-10-4-2-3-5-14(10)20-15/h2-8,16H,1H3. The SMILES string of the molecule is Cc1cc(C(Cl)c2cc3ccccc3s2)c(Cl)cc1F. The molecule has 0 amide bonds. The van der Waals surface area contributed by atoms with Crippen LogP contribution in [0.2, 0.25) is 5.02 Å². The summed E-state index contributed by atoms with van der Waals surface area (Å²) in [5.74, 6) is -0.307. The number of thiophene rings is 1. The average molecular weight is 325 g/mol. The van der Waals surface area contributed by atoms with E-state index in [1.54, 1.807) is 24.3 Å². The summed E-state index contributed by atoms with van der Waals surface area (Å²) < 4.78 is 14.7. The molecule has 2 aromatic carbocycles. The second kappa shape index (κ2) is 5.36. The van der Waals surface area contributed by atoms with Gasteiger partial charge in [0, 0.05) is 14.6 Å². The predicted molar refractivity (Wildman–Crippen MR) is 85.7 cm³/mol. The first kappa shape index (κ1) is 13.9. The topological polar surface area (TPSA) is 0 Å². The summed E-state index contributed by atoms with van der Waals surface area (Å²) >= 11 is 14.3. The molecule has 0 bridgehead atoms. The van der Waals surface area contributed by atoms with Gasteiger partial charge in [0.25, 0.3) is 0 Å². The number of hydrogen-bond acceptors (Lipinski definition) is 1. The fourth-order valence-electron chi connectivity index (χ4n) is 2.15. The zero-order valence-electron chi connectivity index (χ0n) is 10.7. The molecule has 0 fully saturated rings. The molecule has 0 radical (unpaired) electrons. The lowest BCUT2D eigenvalue weighted by molar-refractivity contribution is 0.618. The Hall–Kier alpha value is -1.09. The van der Waals surface area contributed by atoms with Crippen LogP contribution in [0.1, 0.15) is 21.4 Å². The van der Waals surface area contributed by atoms with Gasteiger partial charge in [0.1, 0.15) is 5.82 Å². The minimum Gasteiger partial charge on any atom is -0.207 e. The Morgan fingerprint density at radius 3 is 2.65 bits per heavy atom. The van der Waals surface area contributed by atoms with Gasteiger partial charge in [0.15, 0.2) is 0 Å². The Morgan fingerprint density at radius 2 is 1.90 bits per heavy atom. The highest BCUT2D eigenvalue weighted by Crippen LogP contribution is 2.40. The Labute approximate surface area is 130 Å². The lowest BCUT2D eigenvalue weighted by atomic mass is 10.1. The van der Waals surface area contributed by atoms with Crippen molar-refractivity contribution in [1.29, 1.82) is 0 Å². The van der Waals surface area contributed by atoms with Crippen LogP contribution in [0.15, 0.2) is 42.5 Å². The summed E-state index contributed by atoms with van der Waals surface area (Å²) in [6, 6.07) is 13.2. The maximum atomic E-state index is 13.5. The van der Waals surface area contributed by atoms with Crippen LogP contribution in [0, 0.1) is 12.7 Å². The van der Waals surface area contributed by atoms with Crippen LogP contribution >= 0.6 is 34.5 Å². The maximum Gasteiger partial charge on any atom is 0.127 e. The summed E-state index contributed by atoms with van der Waals surface area (Å²) in [6.07, 6.45) is 0. The van der Waals surface area contributed by atoms with Crippen molar-refractivity contribution >= 4 is 44.6 Å². The van der Waals surface area contributed by atoms with Gasteiger partial charge < -0.3 is 0 Å². The van der Waals surface area contributed by atoms with E-state index in [-0.39, 0.29) is 11.2 Å². The zero-order chi connectivity index (χ0) is 14.3. The molecule has 0 aliphatic carbocycles. The van der Waals surface area contributed by atoms with Crippen LogP contribution in [0.25, 0.3) is 10.1 Å². The van der Waals surface area contributed by atoms with Crippen LogP contribution < -0.4 is 0 Å². The van der Waals surface area contributed by atoms with E-state index in [9.17, 15) is 4.39 Å².